The molecule has 1 aliphatic rings. The molecule has 3 N–H and O–H groups in total. The van der Waals surface area contributed by atoms with E-state index in [0.29, 0.717) is 18.7 Å². The van der Waals surface area contributed by atoms with E-state index in [1.807, 2.05) is 7.05 Å². The van der Waals surface area contributed by atoms with Crippen molar-refractivity contribution in [2.75, 3.05) is 24.6 Å². The third-order valence-corrected chi connectivity index (χ3v) is 3.51. The smallest absolute Gasteiger partial charge is 0.222 e. The molecule has 1 unspecified atom stereocenters. The van der Waals surface area contributed by atoms with Crippen molar-refractivity contribution in [3.8, 4) is 0 Å². The second-order valence-electron chi connectivity index (χ2n) is 4.24. The Balaban J connectivity index is 2.09. The number of piperidine rings is 1. The van der Waals surface area contributed by atoms with E-state index in [1.54, 1.807) is 17.3 Å². The van der Waals surface area contributed by atoms with E-state index in [4.69, 9.17) is 5.73 Å². The van der Waals surface area contributed by atoms with Crippen LogP contribution in [0, 0.1) is 0 Å². The second kappa shape index (κ2) is 4.91. The number of likely N-dealkylation sites (N-methyl/N-ethyl adjacent to an activating group) is 1. The lowest BCUT2D eigenvalue weighted by molar-refractivity contribution is -0.132. The number of likely N-dealkylation sites (tertiary alicyclic amines) is 1. The van der Waals surface area contributed by atoms with Crippen LogP contribution < -0.4 is 11.1 Å². The molecule has 17 heavy (non-hydrogen) atoms. The van der Waals surface area contributed by atoms with Gasteiger partial charge in [0.15, 0.2) is 0 Å². The predicted molar refractivity (Wildman–Crippen MR) is 70.6 cm³/mol. The molecule has 0 aliphatic carbocycles. The van der Waals surface area contributed by atoms with E-state index >= 15 is 0 Å². The van der Waals surface area contributed by atoms with E-state index in [-0.39, 0.29) is 11.9 Å². The van der Waals surface area contributed by atoms with Crippen LogP contribution in [-0.4, -0.2) is 35.4 Å². The van der Waals surface area contributed by atoms with Crippen molar-refractivity contribution in [3.63, 3.8) is 0 Å². The zero-order valence-corrected chi connectivity index (χ0v) is 11.2. The summed E-state index contributed by atoms with van der Waals surface area (Å²) in [6.07, 6.45) is 4.73. The zero-order valence-electron chi connectivity index (χ0n) is 9.61. The minimum Gasteiger partial charge on any atom is -0.396 e. The van der Waals surface area contributed by atoms with Gasteiger partial charge in [0, 0.05) is 32.3 Å². The van der Waals surface area contributed by atoms with Crippen molar-refractivity contribution in [1.82, 2.24) is 9.88 Å². The third kappa shape index (κ3) is 2.69. The lowest BCUT2D eigenvalue weighted by atomic mass is 10.1. The molecule has 1 amide bonds. The summed E-state index contributed by atoms with van der Waals surface area (Å²) in [5.41, 5.74) is 7.33. The van der Waals surface area contributed by atoms with E-state index in [2.05, 4.69) is 26.2 Å². The highest BCUT2D eigenvalue weighted by molar-refractivity contribution is 9.10. The number of nitrogens with zero attached hydrogens (tertiary/aromatic N) is 2. The largest absolute Gasteiger partial charge is 0.396 e. The van der Waals surface area contributed by atoms with Crippen molar-refractivity contribution >= 4 is 33.2 Å². The van der Waals surface area contributed by atoms with Crippen molar-refractivity contribution in [3.05, 3.63) is 16.9 Å². The fourth-order valence-corrected chi connectivity index (χ4v) is 2.40. The standard InChI is InChI=1S/C11H15BrN4O/c1-16-6-7(2-3-10(16)17)15-11-8(12)4-14-5-9(11)13/h4-5,7H,2-3,6,13H2,1H3,(H,14,15). The first-order chi connectivity index (χ1) is 8.08. The van der Waals surface area contributed by atoms with Gasteiger partial charge in [-0.25, -0.2) is 0 Å². The Morgan fingerprint density at radius 1 is 1.59 bits per heavy atom. The van der Waals surface area contributed by atoms with Crippen LogP contribution in [0.1, 0.15) is 12.8 Å². The number of nitrogens with one attached hydrogen (secondary N) is 1. The number of nitrogens with two attached hydrogens (primary N) is 1. The first-order valence-electron chi connectivity index (χ1n) is 5.47. The van der Waals surface area contributed by atoms with Gasteiger partial charge in [-0.15, -0.1) is 0 Å². The Morgan fingerprint density at radius 2 is 2.35 bits per heavy atom. The summed E-state index contributed by atoms with van der Waals surface area (Å²) in [6.45, 7) is 0.701. The maximum atomic E-state index is 11.4. The molecule has 0 saturated carbocycles. The van der Waals surface area contributed by atoms with Crippen molar-refractivity contribution in [2.24, 2.45) is 0 Å². The second-order valence-corrected chi connectivity index (χ2v) is 5.09. The van der Waals surface area contributed by atoms with E-state index < -0.39 is 0 Å². The number of amides is 1. The fraction of sp³-hybridized carbons (Fsp3) is 0.455. The average molecular weight is 299 g/mol. The molecule has 1 atom stereocenters. The molecular weight excluding hydrogens is 284 g/mol. The number of pyridine rings is 1. The molecular formula is C11H15BrN4O. The van der Waals surface area contributed by atoms with Crippen LogP contribution in [0.4, 0.5) is 11.4 Å². The SMILES string of the molecule is CN1CC(Nc2c(N)cncc2Br)CCC1=O. The van der Waals surface area contributed by atoms with Gasteiger partial charge >= 0.3 is 0 Å². The zero-order chi connectivity index (χ0) is 12.4. The maximum absolute atomic E-state index is 11.4. The minimum atomic E-state index is 0.199. The van der Waals surface area contributed by atoms with Crippen LogP contribution >= 0.6 is 15.9 Å². The van der Waals surface area contributed by atoms with Gasteiger partial charge in [0.05, 0.1) is 22.0 Å². The molecule has 1 aromatic heterocycles. The lowest BCUT2D eigenvalue weighted by Gasteiger charge is -2.31. The number of carbonyl (C=O) groups is 1. The minimum absolute atomic E-state index is 0.199. The fourth-order valence-electron chi connectivity index (χ4n) is 1.94. The maximum Gasteiger partial charge on any atom is 0.222 e. The molecule has 2 rings (SSSR count). The van der Waals surface area contributed by atoms with Gasteiger partial charge in [0.2, 0.25) is 5.91 Å². The van der Waals surface area contributed by atoms with E-state index in [0.717, 1.165) is 16.6 Å². The van der Waals surface area contributed by atoms with Crippen LogP contribution in [-0.2, 0) is 4.79 Å². The summed E-state index contributed by atoms with van der Waals surface area (Å²) in [4.78, 5) is 17.1. The number of anilines is 2. The first kappa shape index (κ1) is 12.2. The number of carbonyl (C=O) groups excluding carboxylic acids is 1. The molecule has 1 saturated heterocycles. The van der Waals surface area contributed by atoms with Gasteiger partial charge in [-0.2, -0.15) is 0 Å². The molecule has 6 heteroatoms. The molecule has 5 nitrogen and oxygen atoms in total. The number of hydrogen-bond donors (Lipinski definition) is 2. The monoisotopic (exact) mass is 298 g/mol. The van der Waals surface area contributed by atoms with Crippen LogP contribution in [0.5, 0.6) is 0 Å². The Morgan fingerprint density at radius 3 is 3.00 bits per heavy atom. The number of aromatic nitrogens is 1. The molecule has 1 aliphatic heterocycles. The van der Waals surface area contributed by atoms with Gasteiger partial charge < -0.3 is 16.0 Å². The van der Waals surface area contributed by atoms with Crippen LogP contribution in [0.2, 0.25) is 0 Å². The third-order valence-electron chi connectivity index (χ3n) is 2.90. The Hall–Kier alpha value is -1.30. The molecule has 92 valence electrons. The molecule has 0 aromatic carbocycles. The number of halogens is 1. The van der Waals surface area contributed by atoms with Crippen molar-refractivity contribution in [1.29, 1.82) is 0 Å². The number of nitrogen functional groups attached to an aromatic ring is 1. The topological polar surface area (TPSA) is 71.2 Å². The van der Waals surface area contributed by atoms with Crippen molar-refractivity contribution < 1.29 is 4.79 Å². The quantitative estimate of drug-likeness (QED) is 0.867. The molecule has 2 heterocycles. The van der Waals surface area contributed by atoms with E-state index in [1.165, 1.54) is 0 Å². The molecule has 0 spiro atoms. The number of hydrogen-bond acceptors (Lipinski definition) is 4. The molecule has 0 radical (unpaired) electrons. The van der Waals surface area contributed by atoms with Gasteiger partial charge in [-0.05, 0) is 22.4 Å². The van der Waals surface area contributed by atoms with Crippen molar-refractivity contribution in [2.45, 2.75) is 18.9 Å². The highest BCUT2D eigenvalue weighted by atomic mass is 79.9. The summed E-state index contributed by atoms with van der Waals surface area (Å²) in [5.74, 6) is 0.199. The highest BCUT2D eigenvalue weighted by Gasteiger charge is 2.23. The Kier molecular flexibility index (Phi) is 3.51. The normalized spacial score (nSPS) is 20.5. The van der Waals surface area contributed by atoms with Gasteiger partial charge in [-0.3, -0.25) is 9.78 Å². The van der Waals surface area contributed by atoms with Crippen LogP contribution in [0.3, 0.4) is 0 Å². The highest BCUT2D eigenvalue weighted by Crippen LogP contribution is 2.29. The average Bonchev–Trinajstić information content (AvgIpc) is 2.28. The predicted octanol–water partition coefficient (Wildman–Crippen LogP) is 1.46. The van der Waals surface area contributed by atoms with Gasteiger partial charge in [0.1, 0.15) is 0 Å². The van der Waals surface area contributed by atoms with Crippen LogP contribution in [0.25, 0.3) is 0 Å². The number of rotatable bonds is 2. The summed E-state index contributed by atoms with van der Waals surface area (Å²) < 4.78 is 0.844. The summed E-state index contributed by atoms with van der Waals surface area (Å²) in [6, 6.07) is 0.235. The van der Waals surface area contributed by atoms with Gasteiger partial charge in [0.25, 0.3) is 0 Å². The molecule has 1 aromatic rings. The Bertz CT molecular complexity index is 417. The van der Waals surface area contributed by atoms with Gasteiger partial charge in [-0.1, -0.05) is 0 Å². The molecule has 1 fully saturated rings. The molecule has 0 bridgehead atoms. The Labute approximate surface area is 109 Å². The van der Waals surface area contributed by atoms with Crippen LogP contribution in [0.15, 0.2) is 16.9 Å². The summed E-state index contributed by atoms with van der Waals surface area (Å²) in [5, 5.41) is 3.36. The summed E-state index contributed by atoms with van der Waals surface area (Å²) >= 11 is 3.42. The lowest BCUT2D eigenvalue weighted by Crippen LogP contribution is -2.43. The first-order valence-corrected chi connectivity index (χ1v) is 6.26. The summed E-state index contributed by atoms with van der Waals surface area (Å²) in [7, 11) is 1.82. The van der Waals surface area contributed by atoms with E-state index in [9.17, 15) is 4.79 Å².